The van der Waals surface area contributed by atoms with E-state index in [1.165, 1.54) is 0 Å². The number of aryl methyl sites for hydroxylation is 2. The van der Waals surface area contributed by atoms with Gasteiger partial charge in [-0.15, -0.1) is 0 Å². The summed E-state index contributed by atoms with van der Waals surface area (Å²) in [4.78, 5) is 25.4. The molecule has 3 rings (SSSR count). The highest BCUT2D eigenvalue weighted by molar-refractivity contribution is 5.74. The second-order valence-corrected chi connectivity index (χ2v) is 7.63. The molecule has 0 aliphatic heterocycles. The fourth-order valence-corrected chi connectivity index (χ4v) is 3.50. The minimum absolute atomic E-state index is 0.500. The number of carbonyl (C=O) groups is 2. The van der Waals surface area contributed by atoms with Crippen LogP contribution in [0.5, 0.6) is 11.5 Å². The third kappa shape index (κ3) is 7.10. The quantitative estimate of drug-likeness (QED) is 0.386. The van der Waals surface area contributed by atoms with Crippen LogP contribution in [0, 0.1) is 0 Å². The molecule has 0 atom stereocenters. The van der Waals surface area contributed by atoms with Gasteiger partial charge in [0.1, 0.15) is 17.7 Å². The normalized spacial score (nSPS) is 10.5. The number of nitrogens with one attached hydrogen (secondary N) is 2. The van der Waals surface area contributed by atoms with Crippen LogP contribution < -0.4 is 20.1 Å². The molecule has 0 aromatic heterocycles. The van der Waals surface area contributed by atoms with E-state index in [1.54, 1.807) is 24.3 Å². The predicted octanol–water partition coefficient (Wildman–Crippen LogP) is 6.17. The van der Waals surface area contributed by atoms with Crippen molar-refractivity contribution in [2.24, 2.45) is 0 Å². The molecule has 0 radical (unpaired) electrons. The van der Waals surface area contributed by atoms with Gasteiger partial charge in [-0.2, -0.15) is 0 Å². The topological polar surface area (TPSA) is 76.7 Å². The summed E-state index contributed by atoms with van der Waals surface area (Å²) in [7, 11) is 0. The summed E-state index contributed by atoms with van der Waals surface area (Å²) in [6, 6.07) is 24.0. The molecule has 33 heavy (non-hydrogen) atoms. The first-order valence-corrected chi connectivity index (χ1v) is 11.3. The van der Waals surface area contributed by atoms with E-state index in [-0.39, 0.29) is 0 Å². The van der Waals surface area contributed by atoms with Gasteiger partial charge < -0.3 is 9.47 Å². The van der Waals surface area contributed by atoms with Gasteiger partial charge in [0.25, 0.3) is 0 Å². The van der Waals surface area contributed by atoms with E-state index in [4.69, 9.17) is 9.47 Å². The third-order valence-electron chi connectivity index (χ3n) is 5.05. The summed E-state index contributed by atoms with van der Waals surface area (Å²) in [6.07, 6.45) is 1.30. The average Bonchev–Trinajstić information content (AvgIpc) is 2.82. The van der Waals surface area contributed by atoms with Gasteiger partial charge in [0.05, 0.1) is 0 Å². The van der Waals surface area contributed by atoms with Gasteiger partial charge in [0.15, 0.2) is 0 Å². The summed E-state index contributed by atoms with van der Waals surface area (Å²) < 4.78 is 11.1. The molecule has 0 bridgehead atoms. The molecule has 0 saturated heterocycles. The van der Waals surface area contributed by atoms with E-state index in [2.05, 4.69) is 24.5 Å². The molecule has 0 fully saturated rings. The number of amides is 2. The first kappa shape index (κ1) is 23.9. The van der Waals surface area contributed by atoms with Gasteiger partial charge in [0, 0.05) is 0 Å². The zero-order chi connectivity index (χ0) is 23.5. The highest BCUT2D eigenvalue weighted by Gasteiger charge is 2.20. The summed E-state index contributed by atoms with van der Waals surface area (Å²) in [6.45, 7) is 4.13. The highest BCUT2D eigenvalue weighted by atomic mass is 16.6. The largest absolute Gasteiger partial charge is 0.414 e. The van der Waals surface area contributed by atoms with Crippen molar-refractivity contribution in [3.8, 4) is 11.5 Å². The minimum atomic E-state index is -0.831. The van der Waals surface area contributed by atoms with E-state index < -0.39 is 18.4 Å². The van der Waals surface area contributed by atoms with Crippen molar-refractivity contribution >= 4 is 12.2 Å². The number of carbonyl (C=O) groups excluding carboxylic acids is 2. The van der Waals surface area contributed by atoms with Crippen molar-refractivity contribution < 1.29 is 19.1 Å². The predicted molar refractivity (Wildman–Crippen MR) is 128 cm³/mol. The Balaban J connectivity index is 1.72. The van der Waals surface area contributed by atoms with Crippen molar-refractivity contribution in [1.82, 2.24) is 10.6 Å². The van der Waals surface area contributed by atoms with Crippen LogP contribution in [0.2, 0.25) is 0 Å². The minimum Gasteiger partial charge on any atom is -0.410 e. The van der Waals surface area contributed by atoms with Crippen molar-refractivity contribution in [3.05, 3.63) is 95.6 Å². The Morgan fingerprint density at radius 3 is 1.55 bits per heavy atom. The fourth-order valence-electron chi connectivity index (χ4n) is 3.50. The molecule has 0 unspecified atom stereocenters. The maximum atomic E-state index is 12.7. The SMILES string of the molecule is CCCc1ccccc1OC(=O)NC(NC(=O)Oc1ccccc1CCC)c1ccccc1. The van der Waals surface area contributed by atoms with Crippen LogP contribution in [0.25, 0.3) is 0 Å². The lowest BCUT2D eigenvalue weighted by Crippen LogP contribution is -2.43. The Morgan fingerprint density at radius 2 is 1.09 bits per heavy atom. The molecule has 0 saturated carbocycles. The Bertz CT molecular complexity index is 987. The van der Waals surface area contributed by atoms with Gasteiger partial charge in [-0.1, -0.05) is 93.4 Å². The molecule has 6 nitrogen and oxygen atoms in total. The van der Waals surface area contributed by atoms with Crippen LogP contribution in [0.1, 0.15) is 49.5 Å². The first-order valence-electron chi connectivity index (χ1n) is 11.3. The molecule has 0 heterocycles. The number of rotatable bonds is 9. The average molecular weight is 447 g/mol. The van der Waals surface area contributed by atoms with E-state index in [9.17, 15) is 9.59 Å². The molecule has 3 aromatic carbocycles. The Morgan fingerprint density at radius 1 is 0.667 bits per heavy atom. The molecule has 6 heteroatoms. The standard InChI is InChI=1S/C27H30N2O4/c1-3-12-20-14-8-10-18-23(20)32-26(30)28-25(22-16-6-5-7-17-22)29-27(31)33-24-19-11-9-15-21(24)13-4-2/h5-11,14-19,25H,3-4,12-13H2,1-2H3,(H,28,30)(H,29,31). The number of ether oxygens (including phenoxy) is 2. The monoisotopic (exact) mass is 446 g/mol. The van der Waals surface area contributed by atoms with E-state index in [0.29, 0.717) is 17.1 Å². The number of para-hydroxylation sites is 2. The molecule has 0 aliphatic rings. The Kier molecular flexibility index (Phi) is 8.88. The van der Waals surface area contributed by atoms with Crippen molar-refractivity contribution in [2.45, 2.75) is 45.7 Å². The van der Waals surface area contributed by atoms with Crippen LogP contribution in [0.15, 0.2) is 78.9 Å². The molecule has 2 N–H and O–H groups in total. The van der Waals surface area contributed by atoms with Crippen LogP contribution in [0.3, 0.4) is 0 Å². The van der Waals surface area contributed by atoms with E-state index in [1.807, 2.05) is 54.6 Å². The van der Waals surface area contributed by atoms with E-state index >= 15 is 0 Å². The third-order valence-corrected chi connectivity index (χ3v) is 5.05. The van der Waals surface area contributed by atoms with Gasteiger partial charge in [-0.05, 0) is 41.7 Å². The summed E-state index contributed by atoms with van der Waals surface area (Å²) >= 11 is 0. The molecule has 0 spiro atoms. The molecule has 3 aromatic rings. The summed E-state index contributed by atoms with van der Waals surface area (Å²) in [5.41, 5.74) is 2.59. The van der Waals surface area contributed by atoms with Gasteiger partial charge >= 0.3 is 12.2 Å². The molecule has 2 amide bonds. The second kappa shape index (κ2) is 12.3. The second-order valence-electron chi connectivity index (χ2n) is 7.63. The van der Waals surface area contributed by atoms with Crippen LogP contribution in [0.4, 0.5) is 9.59 Å². The lowest BCUT2D eigenvalue weighted by molar-refractivity contribution is 0.182. The van der Waals surface area contributed by atoms with Crippen molar-refractivity contribution in [2.75, 3.05) is 0 Å². The van der Waals surface area contributed by atoms with E-state index in [0.717, 1.165) is 36.8 Å². The smallest absolute Gasteiger partial charge is 0.410 e. The van der Waals surface area contributed by atoms with Crippen molar-refractivity contribution in [1.29, 1.82) is 0 Å². The number of benzene rings is 3. The van der Waals surface area contributed by atoms with Crippen molar-refractivity contribution in [3.63, 3.8) is 0 Å². The Labute approximate surface area is 194 Å². The number of hydrogen-bond acceptors (Lipinski definition) is 4. The fraction of sp³-hybridized carbons (Fsp3) is 0.259. The maximum Gasteiger partial charge on any atom is 0.414 e. The van der Waals surface area contributed by atoms with Crippen LogP contribution in [-0.4, -0.2) is 12.2 Å². The molecular weight excluding hydrogens is 416 g/mol. The zero-order valence-corrected chi connectivity index (χ0v) is 19.0. The highest BCUT2D eigenvalue weighted by Crippen LogP contribution is 2.22. The zero-order valence-electron chi connectivity index (χ0n) is 19.0. The maximum absolute atomic E-state index is 12.7. The molecule has 172 valence electrons. The lowest BCUT2D eigenvalue weighted by Gasteiger charge is -2.21. The van der Waals surface area contributed by atoms with Crippen LogP contribution in [-0.2, 0) is 12.8 Å². The number of hydrogen-bond donors (Lipinski definition) is 2. The molecule has 0 aliphatic carbocycles. The van der Waals surface area contributed by atoms with Gasteiger partial charge in [-0.25, -0.2) is 9.59 Å². The first-order chi connectivity index (χ1) is 16.1. The van der Waals surface area contributed by atoms with Crippen LogP contribution >= 0.6 is 0 Å². The molecular formula is C27H30N2O4. The summed E-state index contributed by atoms with van der Waals surface area (Å²) in [5.74, 6) is 1.000. The summed E-state index contributed by atoms with van der Waals surface area (Å²) in [5, 5.41) is 5.47. The van der Waals surface area contributed by atoms with Gasteiger partial charge in [0.2, 0.25) is 0 Å². The Hall–Kier alpha value is -3.80. The lowest BCUT2D eigenvalue weighted by atomic mass is 10.1. The van der Waals surface area contributed by atoms with Gasteiger partial charge in [-0.3, -0.25) is 10.6 Å².